The molecule has 0 unspecified atom stereocenters. The molecule has 0 aliphatic carbocycles. The smallest absolute Gasteiger partial charge is 0.327 e. The highest BCUT2D eigenvalue weighted by Gasteiger charge is 2.31. The van der Waals surface area contributed by atoms with E-state index in [4.69, 9.17) is 15.6 Å². The summed E-state index contributed by atoms with van der Waals surface area (Å²) in [7, 11) is 0. The van der Waals surface area contributed by atoms with Crippen molar-refractivity contribution in [2.24, 2.45) is 0 Å². The first-order chi connectivity index (χ1) is 18.4. The number of benzene rings is 1. The van der Waals surface area contributed by atoms with Gasteiger partial charge >= 0.3 is 17.7 Å². The van der Waals surface area contributed by atoms with Crippen LogP contribution in [0.5, 0.6) is 6.01 Å². The Hall–Kier alpha value is -3.44. The van der Waals surface area contributed by atoms with Gasteiger partial charge in [0.15, 0.2) is 11.5 Å². The zero-order valence-electron chi connectivity index (χ0n) is 22.4. The lowest BCUT2D eigenvalue weighted by molar-refractivity contribution is -0.136. The number of aliphatic carboxylic acids is 1. The largest absolute Gasteiger partial charge is 0.481 e. The van der Waals surface area contributed by atoms with E-state index in [-0.39, 0.29) is 23.9 Å². The van der Waals surface area contributed by atoms with Gasteiger partial charge in [0.05, 0.1) is 13.0 Å². The Balaban J connectivity index is 1.44. The van der Waals surface area contributed by atoms with Crippen molar-refractivity contribution in [3.8, 4) is 6.01 Å². The molecule has 1 aromatic carbocycles. The number of fused-ring (bicyclic) bond motifs is 1. The highest BCUT2D eigenvalue weighted by atomic mass is 16.5. The average Bonchev–Trinajstić information content (AvgIpc) is 3.17. The lowest BCUT2D eigenvalue weighted by Gasteiger charge is -2.45. The molecule has 0 spiro atoms. The number of carboxylic acids is 1. The number of nitrogens with two attached hydrogens (primary N) is 1. The molecule has 38 heavy (non-hydrogen) atoms. The van der Waals surface area contributed by atoms with E-state index < -0.39 is 5.97 Å². The molecule has 0 amide bonds. The molecule has 206 valence electrons. The van der Waals surface area contributed by atoms with Gasteiger partial charge in [-0.05, 0) is 36.9 Å². The van der Waals surface area contributed by atoms with Crippen LogP contribution in [0.3, 0.4) is 0 Å². The summed E-state index contributed by atoms with van der Waals surface area (Å²) in [5, 5.41) is 9.04. The number of nitrogens with zero attached hydrogens (tertiary/aromatic N) is 5. The first kappa shape index (κ1) is 27.6. The number of H-pyrrole nitrogens is 1. The molecule has 1 aliphatic rings. The van der Waals surface area contributed by atoms with E-state index in [0.29, 0.717) is 30.4 Å². The van der Waals surface area contributed by atoms with Gasteiger partial charge in [0.25, 0.3) is 0 Å². The fourth-order valence-electron chi connectivity index (χ4n) is 4.88. The van der Waals surface area contributed by atoms with Gasteiger partial charge in [0.2, 0.25) is 0 Å². The summed E-state index contributed by atoms with van der Waals surface area (Å²) in [5.74, 6) is -0.625. The maximum absolute atomic E-state index is 12.7. The molecule has 4 rings (SSSR count). The number of carbonyl (C=O) groups is 1. The van der Waals surface area contributed by atoms with Crippen LogP contribution in [0.2, 0.25) is 0 Å². The molecule has 3 aromatic rings. The predicted molar refractivity (Wildman–Crippen MR) is 146 cm³/mol. The van der Waals surface area contributed by atoms with E-state index in [1.165, 1.54) is 0 Å². The van der Waals surface area contributed by atoms with Crippen LogP contribution in [0.25, 0.3) is 11.2 Å². The molecular weight excluding hydrogens is 486 g/mol. The first-order valence-electron chi connectivity index (χ1n) is 13.5. The molecule has 0 bridgehead atoms. The number of imidazole rings is 1. The van der Waals surface area contributed by atoms with Gasteiger partial charge in [-0.25, -0.2) is 4.79 Å². The van der Waals surface area contributed by atoms with Crippen LogP contribution in [0.4, 0.5) is 5.82 Å². The molecule has 3 heterocycles. The molecular formula is C27H39N7O4. The molecule has 11 heteroatoms. The van der Waals surface area contributed by atoms with Gasteiger partial charge in [-0.1, -0.05) is 44.5 Å². The summed E-state index contributed by atoms with van der Waals surface area (Å²) in [4.78, 5) is 40.1. The number of nitrogen functional groups attached to an aromatic ring is 1. The Kier molecular flexibility index (Phi) is 9.35. The van der Waals surface area contributed by atoms with Crippen molar-refractivity contribution in [1.82, 2.24) is 29.3 Å². The summed E-state index contributed by atoms with van der Waals surface area (Å²) < 4.78 is 7.26. The number of nitrogens with one attached hydrogen (secondary N) is 1. The maximum Gasteiger partial charge on any atom is 0.327 e. The molecule has 0 atom stereocenters. The Morgan fingerprint density at radius 3 is 2.55 bits per heavy atom. The summed E-state index contributed by atoms with van der Waals surface area (Å²) in [6.07, 6.45) is 3.79. The molecule has 2 aromatic heterocycles. The third kappa shape index (κ3) is 6.90. The second kappa shape index (κ2) is 12.9. The molecule has 0 radical (unpaired) electrons. The number of unbranched alkanes of at least 4 members (excludes halogenated alkanes) is 1. The van der Waals surface area contributed by atoms with E-state index in [0.717, 1.165) is 69.5 Å². The Morgan fingerprint density at radius 1 is 1.13 bits per heavy atom. The maximum atomic E-state index is 12.7. The van der Waals surface area contributed by atoms with Crippen molar-refractivity contribution in [3.63, 3.8) is 0 Å². The van der Waals surface area contributed by atoms with Crippen LogP contribution in [-0.4, -0.2) is 79.2 Å². The standard InChI is InChI=1S/C27H39N7O4/c1-3-5-14-38-26-30-24(28)23-25(31-26)34(27(37)29-23)13-6-12-33(21-17-32(18-21)11-4-2)16-20-9-7-19(8-10-20)15-22(35)36/h7-10,21H,3-6,11-18H2,1-2H3,(H,29,37)(H,35,36)(H2,28,30,31). The summed E-state index contributed by atoms with van der Waals surface area (Å²) in [6, 6.07) is 8.43. The summed E-state index contributed by atoms with van der Waals surface area (Å²) >= 11 is 0. The van der Waals surface area contributed by atoms with Gasteiger partial charge in [0.1, 0.15) is 5.52 Å². The third-order valence-electron chi connectivity index (χ3n) is 6.94. The Bertz CT molecular complexity index is 1260. The lowest BCUT2D eigenvalue weighted by Crippen LogP contribution is -2.59. The minimum Gasteiger partial charge on any atom is -0.481 e. The van der Waals surface area contributed by atoms with E-state index >= 15 is 0 Å². The summed E-state index contributed by atoms with van der Waals surface area (Å²) in [5.41, 5.74) is 8.67. The zero-order chi connectivity index (χ0) is 27.1. The number of ether oxygens (including phenoxy) is 1. The van der Waals surface area contributed by atoms with Gasteiger partial charge < -0.3 is 25.5 Å². The number of hydrogen-bond acceptors (Lipinski definition) is 8. The van der Waals surface area contributed by atoms with Crippen molar-refractivity contribution < 1.29 is 14.6 Å². The number of rotatable bonds is 15. The molecule has 11 nitrogen and oxygen atoms in total. The highest BCUT2D eigenvalue weighted by molar-refractivity contribution is 5.81. The second-order valence-electron chi connectivity index (χ2n) is 10.00. The minimum absolute atomic E-state index is 0.0252. The first-order valence-corrected chi connectivity index (χ1v) is 13.5. The molecule has 0 saturated carbocycles. The van der Waals surface area contributed by atoms with E-state index in [1.807, 2.05) is 24.3 Å². The van der Waals surface area contributed by atoms with Crippen molar-refractivity contribution >= 4 is 23.0 Å². The number of likely N-dealkylation sites (tertiary alicyclic amines) is 1. The zero-order valence-corrected chi connectivity index (χ0v) is 22.4. The minimum atomic E-state index is -0.830. The second-order valence-corrected chi connectivity index (χ2v) is 10.00. The van der Waals surface area contributed by atoms with Crippen LogP contribution in [0.1, 0.15) is 50.7 Å². The van der Waals surface area contributed by atoms with Gasteiger partial charge in [-0.3, -0.25) is 14.3 Å². The van der Waals surface area contributed by atoms with Crippen LogP contribution < -0.4 is 16.2 Å². The molecule has 4 N–H and O–H groups in total. The van der Waals surface area contributed by atoms with Gasteiger partial charge in [0, 0.05) is 38.8 Å². The number of aromatic amines is 1. The third-order valence-corrected chi connectivity index (χ3v) is 6.94. The van der Waals surface area contributed by atoms with E-state index in [9.17, 15) is 9.59 Å². The highest BCUT2D eigenvalue weighted by Crippen LogP contribution is 2.21. The normalized spacial score (nSPS) is 14.3. The quantitative estimate of drug-likeness (QED) is 0.255. The molecule has 1 fully saturated rings. The molecule has 1 saturated heterocycles. The fourth-order valence-corrected chi connectivity index (χ4v) is 4.88. The predicted octanol–water partition coefficient (Wildman–Crippen LogP) is 2.49. The number of anilines is 1. The fraction of sp³-hybridized carbons (Fsp3) is 0.556. The summed E-state index contributed by atoms with van der Waals surface area (Å²) in [6.45, 7) is 9.99. The van der Waals surface area contributed by atoms with Crippen LogP contribution >= 0.6 is 0 Å². The SMILES string of the molecule is CCCCOc1nc(N)c2[nH]c(=O)n(CCCN(Cc3ccc(CC(=O)O)cc3)C3CN(CCC)C3)c2n1. The Labute approximate surface area is 222 Å². The lowest BCUT2D eigenvalue weighted by atomic mass is 10.0. The van der Waals surface area contributed by atoms with Crippen molar-refractivity contribution in [2.75, 3.05) is 38.5 Å². The molecule has 1 aliphatic heterocycles. The van der Waals surface area contributed by atoms with E-state index in [2.05, 4.69) is 38.6 Å². The topological polar surface area (TPSA) is 143 Å². The van der Waals surface area contributed by atoms with Crippen LogP contribution in [-0.2, 0) is 24.3 Å². The average molecular weight is 526 g/mol. The van der Waals surface area contributed by atoms with Crippen molar-refractivity contribution in [2.45, 2.75) is 65.1 Å². The number of carboxylic acid groups (broad SMARTS) is 1. The van der Waals surface area contributed by atoms with E-state index in [1.54, 1.807) is 4.57 Å². The monoisotopic (exact) mass is 525 g/mol. The van der Waals surface area contributed by atoms with Crippen LogP contribution in [0, 0.1) is 0 Å². The van der Waals surface area contributed by atoms with Crippen molar-refractivity contribution in [1.29, 1.82) is 0 Å². The van der Waals surface area contributed by atoms with Gasteiger partial charge in [-0.15, -0.1) is 0 Å². The Morgan fingerprint density at radius 2 is 1.87 bits per heavy atom. The van der Waals surface area contributed by atoms with Gasteiger partial charge in [-0.2, -0.15) is 9.97 Å². The van der Waals surface area contributed by atoms with Crippen molar-refractivity contribution in [3.05, 3.63) is 45.9 Å². The van der Waals surface area contributed by atoms with Crippen LogP contribution in [0.15, 0.2) is 29.1 Å². The number of aryl methyl sites for hydroxylation is 1. The number of aromatic nitrogens is 4. The number of hydrogen-bond donors (Lipinski definition) is 3.